The molecule has 1 N–H and O–H groups in total. The van der Waals surface area contributed by atoms with Gasteiger partial charge in [-0.1, -0.05) is 26.0 Å². The van der Waals surface area contributed by atoms with Gasteiger partial charge in [0.25, 0.3) is 5.91 Å². The van der Waals surface area contributed by atoms with E-state index in [1.165, 1.54) is 6.07 Å². The first-order chi connectivity index (χ1) is 11.1. The van der Waals surface area contributed by atoms with Crippen LogP contribution in [0.3, 0.4) is 0 Å². The summed E-state index contributed by atoms with van der Waals surface area (Å²) in [5.74, 6) is 0.135. The van der Waals surface area contributed by atoms with Gasteiger partial charge in [0.05, 0.1) is 11.1 Å². The summed E-state index contributed by atoms with van der Waals surface area (Å²) in [5.41, 5.74) is 1.18. The first-order valence-electron chi connectivity index (χ1n) is 7.44. The standard InChI is InChI=1S/C17H17FN4O/c1-11(2)10-19-17(23)13-7-5-9-22-15(20-21-16(13)22)12-6-3-4-8-14(12)18/h3-9,11H,10H2,1-2H3,(H,19,23). The molecule has 0 unspecified atom stereocenters. The Balaban J connectivity index is 2.04. The fourth-order valence-electron chi connectivity index (χ4n) is 2.31. The van der Waals surface area contributed by atoms with Crippen molar-refractivity contribution in [3.05, 3.63) is 54.0 Å². The lowest BCUT2D eigenvalue weighted by Crippen LogP contribution is -2.27. The number of carbonyl (C=O) groups excluding carboxylic acids is 1. The Morgan fingerprint density at radius 2 is 2.00 bits per heavy atom. The molecule has 0 radical (unpaired) electrons. The summed E-state index contributed by atoms with van der Waals surface area (Å²) in [6.07, 6.45) is 1.72. The molecular formula is C17H17FN4O. The van der Waals surface area contributed by atoms with Gasteiger partial charge in [0.1, 0.15) is 5.82 Å². The van der Waals surface area contributed by atoms with Gasteiger partial charge in [0, 0.05) is 12.7 Å². The Morgan fingerprint density at radius 3 is 2.74 bits per heavy atom. The Bertz CT molecular complexity index is 857. The van der Waals surface area contributed by atoms with E-state index in [0.717, 1.165) is 0 Å². The molecule has 1 aromatic carbocycles. The van der Waals surface area contributed by atoms with Crippen molar-refractivity contribution >= 4 is 11.6 Å². The predicted molar refractivity (Wildman–Crippen MR) is 85.6 cm³/mol. The van der Waals surface area contributed by atoms with Crippen LogP contribution >= 0.6 is 0 Å². The molecule has 0 bridgehead atoms. The molecule has 0 aliphatic carbocycles. The Hall–Kier alpha value is -2.76. The van der Waals surface area contributed by atoms with E-state index in [1.807, 2.05) is 13.8 Å². The molecule has 0 atom stereocenters. The number of hydrogen-bond donors (Lipinski definition) is 1. The molecule has 118 valence electrons. The fraction of sp³-hybridized carbons (Fsp3) is 0.235. The molecule has 2 heterocycles. The third-order valence-electron chi connectivity index (χ3n) is 3.47. The average Bonchev–Trinajstić information content (AvgIpc) is 2.97. The van der Waals surface area contributed by atoms with Crippen molar-refractivity contribution in [2.75, 3.05) is 6.54 Å². The highest BCUT2D eigenvalue weighted by atomic mass is 19.1. The molecule has 2 aromatic heterocycles. The molecular weight excluding hydrogens is 295 g/mol. The molecule has 6 heteroatoms. The molecule has 0 saturated carbocycles. The summed E-state index contributed by atoms with van der Waals surface area (Å²) in [6.45, 7) is 4.62. The number of rotatable bonds is 4. The van der Waals surface area contributed by atoms with Gasteiger partial charge in [-0.25, -0.2) is 4.39 Å². The molecule has 3 rings (SSSR count). The maximum absolute atomic E-state index is 14.0. The first kappa shape index (κ1) is 15.1. The number of aromatic nitrogens is 3. The number of amides is 1. The number of nitrogens with one attached hydrogen (secondary N) is 1. The van der Waals surface area contributed by atoms with E-state index in [-0.39, 0.29) is 11.7 Å². The van der Waals surface area contributed by atoms with Crippen molar-refractivity contribution in [1.29, 1.82) is 0 Å². The minimum Gasteiger partial charge on any atom is -0.352 e. The van der Waals surface area contributed by atoms with E-state index in [0.29, 0.717) is 35.1 Å². The van der Waals surface area contributed by atoms with Crippen molar-refractivity contribution in [2.24, 2.45) is 5.92 Å². The number of benzene rings is 1. The number of halogens is 1. The van der Waals surface area contributed by atoms with Gasteiger partial charge in [-0.2, -0.15) is 0 Å². The van der Waals surface area contributed by atoms with Gasteiger partial charge in [-0.05, 0) is 30.2 Å². The zero-order valence-corrected chi connectivity index (χ0v) is 13.0. The second-order valence-corrected chi connectivity index (χ2v) is 5.72. The summed E-state index contributed by atoms with van der Waals surface area (Å²) < 4.78 is 15.6. The summed E-state index contributed by atoms with van der Waals surface area (Å²) in [6, 6.07) is 9.77. The van der Waals surface area contributed by atoms with Crippen molar-refractivity contribution in [3.63, 3.8) is 0 Å². The monoisotopic (exact) mass is 312 g/mol. The predicted octanol–water partition coefficient (Wildman–Crippen LogP) is 2.92. The lowest BCUT2D eigenvalue weighted by Gasteiger charge is -2.08. The maximum atomic E-state index is 14.0. The lowest BCUT2D eigenvalue weighted by molar-refractivity contribution is 0.0950. The molecule has 5 nitrogen and oxygen atoms in total. The Labute approximate surface area is 133 Å². The van der Waals surface area contributed by atoms with Crippen LogP contribution in [-0.4, -0.2) is 27.0 Å². The highest BCUT2D eigenvalue weighted by molar-refractivity contribution is 5.99. The van der Waals surface area contributed by atoms with Crippen LogP contribution in [0.15, 0.2) is 42.6 Å². The summed E-state index contributed by atoms with van der Waals surface area (Å²) in [5, 5.41) is 11.0. The van der Waals surface area contributed by atoms with Gasteiger partial charge < -0.3 is 5.32 Å². The maximum Gasteiger partial charge on any atom is 0.255 e. The molecule has 0 fully saturated rings. The summed E-state index contributed by atoms with van der Waals surface area (Å²) in [7, 11) is 0. The third kappa shape index (κ3) is 2.92. The SMILES string of the molecule is CC(C)CNC(=O)c1cccn2c(-c3ccccc3F)nnc12. The summed E-state index contributed by atoms with van der Waals surface area (Å²) in [4.78, 5) is 12.3. The number of fused-ring (bicyclic) bond motifs is 1. The van der Waals surface area contributed by atoms with Gasteiger partial charge >= 0.3 is 0 Å². The minimum absolute atomic E-state index is 0.211. The van der Waals surface area contributed by atoms with E-state index < -0.39 is 0 Å². The van der Waals surface area contributed by atoms with Crippen molar-refractivity contribution in [1.82, 2.24) is 19.9 Å². The van der Waals surface area contributed by atoms with Crippen molar-refractivity contribution in [3.8, 4) is 11.4 Å². The molecule has 0 spiro atoms. The van der Waals surface area contributed by atoms with E-state index >= 15 is 0 Å². The van der Waals surface area contributed by atoms with E-state index in [4.69, 9.17) is 0 Å². The van der Waals surface area contributed by atoms with Crippen LogP contribution in [-0.2, 0) is 0 Å². The van der Waals surface area contributed by atoms with E-state index in [1.54, 1.807) is 40.9 Å². The van der Waals surface area contributed by atoms with Crippen molar-refractivity contribution in [2.45, 2.75) is 13.8 Å². The molecule has 0 aliphatic rings. The minimum atomic E-state index is -0.378. The highest BCUT2D eigenvalue weighted by Crippen LogP contribution is 2.22. The topological polar surface area (TPSA) is 59.3 Å². The summed E-state index contributed by atoms with van der Waals surface area (Å²) >= 11 is 0. The fourth-order valence-corrected chi connectivity index (χ4v) is 2.31. The van der Waals surface area contributed by atoms with Gasteiger partial charge in [0.15, 0.2) is 11.5 Å². The van der Waals surface area contributed by atoms with E-state index in [9.17, 15) is 9.18 Å². The largest absolute Gasteiger partial charge is 0.352 e. The second kappa shape index (κ2) is 6.16. The van der Waals surface area contributed by atoms with Crippen LogP contribution in [0.25, 0.3) is 17.0 Å². The Kier molecular flexibility index (Phi) is 4.06. The Morgan fingerprint density at radius 1 is 1.22 bits per heavy atom. The number of hydrogen-bond acceptors (Lipinski definition) is 3. The van der Waals surface area contributed by atoms with Crippen LogP contribution in [0.5, 0.6) is 0 Å². The third-order valence-corrected chi connectivity index (χ3v) is 3.47. The van der Waals surface area contributed by atoms with Crippen molar-refractivity contribution < 1.29 is 9.18 Å². The number of pyridine rings is 1. The smallest absolute Gasteiger partial charge is 0.255 e. The van der Waals surface area contributed by atoms with Gasteiger partial charge in [-0.15, -0.1) is 10.2 Å². The van der Waals surface area contributed by atoms with Gasteiger partial charge in [-0.3, -0.25) is 9.20 Å². The second-order valence-electron chi connectivity index (χ2n) is 5.72. The lowest BCUT2D eigenvalue weighted by atomic mass is 10.2. The highest BCUT2D eigenvalue weighted by Gasteiger charge is 2.17. The molecule has 0 aliphatic heterocycles. The van der Waals surface area contributed by atoms with Crippen LogP contribution < -0.4 is 5.32 Å². The zero-order chi connectivity index (χ0) is 16.4. The zero-order valence-electron chi connectivity index (χ0n) is 13.0. The average molecular weight is 312 g/mol. The van der Waals surface area contributed by atoms with Crippen LogP contribution in [0.1, 0.15) is 24.2 Å². The number of carbonyl (C=O) groups is 1. The molecule has 0 saturated heterocycles. The van der Waals surface area contributed by atoms with Crippen LogP contribution in [0.2, 0.25) is 0 Å². The van der Waals surface area contributed by atoms with E-state index in [2.05, 4.69) is 15.5 Å². The first-order valence-corrected chi connectivity index (χ1v) is 7.44. The normalized spacial score (nSPS) is 11.1. The quantitative estimate of drug-likeness (QED) is 0.806. The van der Waals surface area contributed by atoms with Crippen LogP contribution in [0, 0.1) is 11.7 Å². The molecule has 3 aromatic rings. The molecule has 1 amide bonds. The number of nitrogens with zero attached hydrogens (tertiary/aromatic N) is 3. The van der Waals surface area contributed by atoms with Crippen LogP contribution in [0.4, 0.5) is 4.39 Å². The van der Waals surface area contributed by atoms with Gasteiger partial charge in [0.2, 0.25) is 0 Å². The molecule has 23 heavy (non-hydrogen) atoms.